The van der Waals surface area contributed by atoms with Crippen LogP contribution < -0.4 is 5.32 Å². The van der Waals surface area contributed by atoms with Crippen molar-refractivity contribution < 1.29 is 0 Å². The van der Waals surface area contributed by atoms with Crippen LogP contribution in [0.4, 0.5) is 0 Å². The van der Waals surface area contributed by atoms with E-state index in [0.717, 1.165) is 19.0 Å². The van der Waals surface area contributed by atoms with Gasteiger partial charge in [0.2, 0.25) is 0 Å². The van der Waals surface area contributed by atoms with E-state index in [0.29, 0.717) is 12.1 Å². The molecule has 0 radical (unpaired) electrons. The van der Waals surface area contributed by atoms with Crippen LogP contribution in [-0.4, -0.2) is 30.1 Å². The third-order valence-corrected chi connectivity index (χ3v) is 4.55. The molecule has 0 aliphatic carbocycles. The Morgan fingerprint density at radius 3 is 2.63 bits per heavy atom. The summed E-state index contributed by atoms with van der Waals surface area (Å²) in [5.41, 5.74) is 1.43. The minimum Gasteiger partial charge on any atom is -0.311 e. The van der Waals surface area contributed by atoms with Gasteiger partial charge in [-0.15, -0.1) is 0 Å². The largest absolute Gasteiger partial charge is 0.311 e. The maximum Gasteiger partial charge on any atom is 0.0237 e. The Hall–Kier alpha value is -0.130. The molecule has 0 saturated carbocycles. The first-order chi connectivity index (χ1) is 9.04. The first kappa shape index (κ1) is 15.3. The second-order valence-electron chi connectivity index (χ2n) is 6.14. The highest BCUT2D eigenvalue weighted by Crippen LogP contribution is 2.17. The average molecular weight is 372 g/mol. The number of nitrogens with one attached hydrogen (secondary N) is 1. The molecule has 2 nitrogen and oxygen atoms in total. The molecule has 2 rings (SSSR count). The Balaban J connectivity index is 1.95. The quantitative estimate of drug-likeness (QED) is 0.814. The highest BCUT2D eigenvalue weighted by molar-refractivity contribution is 14.1. The van der Waals surface area contributed by atoms with Crippen molar-refractivity contribution in [2.24, 2.45) is 5.92 Å². The summed E-state index contributed by atoms with van der Waals surface area (Å²) in [6.07, 6.45) is 1.27. The Bertz CT molecular complexity index is 388. The fraction of sp³-hybridized carbons (Fsp3) is 0.625. The van der Waals surface area contributed by atoms with Crippen LogP contribution in [0.3, 0.4) is 0 Å². The molecular formula is C16H25IN2. The molecule has 2 atom stereocenters. The molecule has 3 heteroatoms. The lowest BCUT2D eigenvalue weighted by atomic mass is 9.99. The van der Waals surface area contributed by atoms with Crippen LogP contribution in [0, 0.1) is 9.49 Å². The van der Waals surface area contributed by atoms with Gasteiger partial charge in [-0.05, 0) is 59.5 Å². The minimum absolute atomic E-state index is 0.627. The van der Waals surface area contributed by atoms with Crippen LogP contribution in [0.2, 0.25) is 0 Å². The fourth-order valence-corrected chi connectivity index (χ4v) is 3.13. The van der Waals surface area contributed by atoms with Gasteiger partial charge in [-0.2, -0.15) is 0 Å². The zero-order chi connectivity index (χ0) is 13.8. The summed E-state index contributed by atoms with van der Waals surface area (Å²) in [5.74, 6) is 0.769. The number of halogens is 1. The van der Waals surface area contributed by atoms with Gasteiger partial charge in [0.1, 0.15) is 0 Å². The number of hydrogen-bond donors (Lipinski definition) is 1. The first-order valence-corrected chi connectivity index (χ1v) is 8.34. The van der Waals surface area contributed by atoms with Crippen molar-refractivity contribution in [2.45, 2.75) is 45.8 Å². The summed E-state index contributed by atoms with van der Waals surface area (Å²) in [4.78, 5) is 2.62. The zero-order valence-electron chi connectivity index (χ0n) is 12.2. The molecule has 0 spiro atoms. The molecule has 0 bridgehead atoms. The lowest BCUT2D eigenvalue weighted by molar-refractivity contribution is 0.125. The van der Waals surface area contributed by atoms with E-state index in [4.69, 9.17) is 0 Å². The van der Waals surface area contributed by atoms with E-state index >= 15 is 0 Å². The molecule has 1 saturated heterocycles. The Labute approximate surface area is 131 Å². The van der Waals surface area contributed by atoms with Crippen LogP contribution >= 0.6 is 22.6 Å². The molecule has 0 aromatic heterocycles. The molecule has 1 N–H and O–H groups in total. The van der Waals surface area contributed by atoms with Crippen molar-refractivity contribution >= 4 is 22.6 Å². The molecule has 2 unspecified atom stereocenters. The van der Waals surface area contributed by atoms with Crippen molar-refractivity contribution in [1.82, 2.24) is 10.2 Å². The molecule has 1 aromatic carbocycles. The van der Waals surface area contributed by atoms with E-state index in [1.54, 1.807) is 0 Å². The van der Waals surface area contributed by atoms with Gasteiger partial charge in [0.15, 0.2) is 0 Å². The van der Waals surface area contributed by atoms with Crippen molar-refractivity contribution in [3.05, 3.63) is 33.4 Å². The van der Waals surface area contributed by atoms with E-state index in [1.807, 2.05) is 0 Å². The van der Waals surface area contributed by atoms with E-state index in [-0.39, 0.29) is 0 Å². The van der Waals surface area contributed by atoms with Crippen LogP contribution in [0.25, 0.3) is 0 Å². The molecule has 1 fully saturated rings. The smallest absolute Gasteiger partial charge is 0.0237 e. The summed E-state index contributed by atoms with van der Waals surface area (Å²) in [7, 11) is 0. The van der Waals surface area contributed by atoms with E-state index in [9.17, 15) is 0 Å². The van der Waals surface area contributed by atoms with Crippen molar-refractivity contribution in [3.8, 4) is 0 Å². The molecule has 1 aliphatic rings. The Morgan fingerprint density at radius 1 is 1.32 bits per heavy atom. The summed E-state index contributed by atoms with van der Waals surface area (Å²) in [6.45, 7) is 10.3. The van der Waals surface area contributed by atoms with Crippen LogP contribution in [0.1, 0.15) is 32.8 Å². The molecule has 1 heterocycles. The van der Waals surface area contributed by atoms with Crippen molar-refractivity contribution in [2.75, 3.05) is 13.1 Å². The number of piperazine rings is 1. The van der Waals surface area contributed by atoms with Crippen LogP contribution in [-0.2, 0) is 6.54 Å². The van der Waals surface area contributed by atoms with Crippen molar-refractivity contribution in [1.29, 1.82) is 0 Å². The second kappa shape index (κ2) is 7.04. The normalized spacial score (nSPS) is 24.9. The van der Waals surface area contributed by atoms with Crippen LogP contribution in [0.5, 0.6) is 0 Å². The third kappa shape index (κ3) is 4.72. The van der Waals surface area contributed by atoms with Gasteiger partial charge < -0.3 is 5.32 Å². The lowest BCUT2D eigenvalue weighted by Gasteiger charge is -2.39. The topological polar surface area (TPSA) is 15.3 Å². The summed E-state index contributed by atoms with van der Waals surface area (Å²) >= 11 is 2.36. The van der Waals surface area contributed by atoms with Crippen molar-refractivity contribution in [3.63, 3.8) is 0 Å². The van der Waals surface area contributed by atoms with E-state index < -0.39 is 0 Å². The number of nitrogens with zero attached hydrogens (tertiary/aromatic N) is 1. The van der Waals surface area contributed by atoms with E-state index in [2.05, 4.69) is 77.8 Å². The summed E-state index contributed by atoms with van der Waals surface area (Å²) in [5, 5.41) is 3.68. The van der Waals surface area contributed by atoms with Gasteiger partial charge in [-0.25, -0.2) is 0 Å². The number of benzene rings is 1. The van der Waals surface area contributed by atoms with Gasteiger partial charge in [-0.3, -0.25) is 4.90 Å². The molecule has 0 amide bonds. The lowest BCUT2D eigenvalue weighted by Crippen LogP contribution is -2.55. The highest BCUT2D eigenvalue weighted by atomic mass is 127. The monoisotopic (exact) mass is 372 g/mol. The third-order valence-electron chi connectivity index (χ3n) is 3.84. The van der Waals surface area contributed by atoms with Crippen LogP contribution in [0.15, 0.2) is 24.3 Å². The molecule has 106 valence electrons. The van der Waals surface area contributed by atoms with Gasteiger partial charge in [-0.1, -0.05) is 26.0 Å². The van der Waals surface area contributed by atoms with Gasteiger partial charge in [0.25, 0.3) is 0 Å². The molecule has 1 aliphatic heterocycles. The van der Waals surface area contributed by atoms with E-state index in [1.165, 1.54) is 22.1 Å². The second-order valence-corrected chi connectivity index (χ2v) is 7.39. The molecule has 19 heavy (non-hydrogen) atoms. The number of hydrogen-bond acceptors (Lipinski definition) is 2. The fourth-order valence-electron chi connectivity index (χ4n) is 2.77. The summed E-state index contributed by atoms with van der Waals surface area (Å²) < 4.78 is 1.31. The minimum atomic E-state index is 0.627. The molecular weight excluding hydrogens is 347 g/mol. The van der Waals surface area contributed by atoms with Gasteiger partial charge in [0.05, 0.1) is 0 Å². The number of rotatable bonds is 4. The Morgan fingerprint density at radius 2 is 2.00 bits per heavy atom. The maximum atomic E-state index is 3.68. The zero-order valence-corrected chi connectivity index (χ0v) is 14.4. The SMILES string of the molecule is CC(C)CC1CN(Cc2ccc(I)cc2)C(C)CN1. The predicted molar refractivity (Wildman–Crippen MR) is 90.3 cm³/mol. The predicted octanol–water partition coefficient (Wildman–Crippen LogP) is 3.50. The first-order valence-electron chi connectivity index (χ1n) is 7.26. The molecule has 1 aromatic rings. The summed E-state index contributed by atoms with van der Waals surface area (Å²) in [6, 6.07) is 10.2. The van der Waals surface area contributed by atoms with Gasteiger partial charge >= 0.3 is 0 Å². The highest BCUT2D eigenvalue weighted by Gasteiger charge is 2.25. The van der Waals surface area contributed by atoms with Gasteiger partial charge in [0, 0.05) is 35.3 Å². The Kier molecular flexibility index (Phi) is 5.66. The standard InChI is InChI=1S/C16H25IN2/c1-12(2)8-16-11-19(13(3)9-18-16)10-14-4-6-15(17)7-5-14/h4-7,12-13,16,18H,8-11H2,1-3H3. The average Bonchev–Trinajstić information content (AvgIpc) is 2.35. The maximum absolute atomic E-state index is 3.68.